The lowest BCUT2D eigenvalue weighted by atomic mass is 9.66. The standard InChI is InChI=1S/C26H38F2/c1-2-3-4-5-18-6-8-19(9-7-18)20-10-12-21(13-11-20)22-14-23-16-25(27)26(28)17-24(23)15-22/h16-22H,2-15H2,1H3. The Labute approximate surface area is 170 Å². The minimum atomic E-state index is -0.673. The van der Waals surface area contributed by atoms with Crippen LogP contribution in [0.5, 0.6) is 0 Å². The molecule has 156 valence electrons. The molecule has 0 atom stereocenters. The third kappa shape index (κ3) is 4.62. The van der Waals surface area contributed by atoms with Crippen LogP contribution >= 0.6 is 0 Å². The Morgan fingerprint density at radius 2 is 1.14 bits per heavy atom. The second kappa shape index (κ2) is 9.26. The summed E-state index contributed by atoms with van der Waals surface area (Å²) < 4.78 is 27.1. The molecule has 28 heavy (non-hydrogen) atoms. The quantitative estimate of drug-likeness (QED) is 0.435. The first-order chi connectivity index (χ1) is 13.6. The van der Waals surface area contributed by atoms with Crippen LogP contribution in [-0.4, -0.2) is 0 Å². The van der Waals surface area contributed by atoms with E-state index in [9.17, 15) is 8.78 Å². The molecule has 0 amide bonds. The Morgan fingerprint density at radius 1 is 0.679 bits per heavy atom. The number of halogens is 2. The first-order valence-corrected chi connectivity index (χ1v) is 12.1. The van der Waals surface area contributed by atoms with Gasteiger partial charge < -0.3 is 0 Å². The second-order valence-electron chi connectivity index (χ2n) is 10.2. The minimum Gasteiger partial charge on any atom is -0.204 e. The maximum absolute atomic E-state index is 13.5. The fraction of sp³-hybridized carbons (Fsp3) is 0.769. The monoisotopic (exact) mass is 388 g/mol. The average Bonchev–Trinajstić information content (AvgIpc) is 3.12. The smallest absolute Gasteiger partial charge is 0.159 e. The predicted molar refractivity (Wildman–Crippen MR) is 112 cm³/mol. The molecule has 0 aromatic heterocycles. The van der Waals surface area contributed by atoms with Crippen LogP contribution in [0.2, 0.25) is 0 Å². The summed E-state index contributed by atoms with van der Waals surface area (Å²) in [7, 11) is 0. The molecule has 0 saturated heterocycles. The zero-order chi connectivity index (χ0) is 19.5. The fourth-order valence-corrected chi connectivity index (χ4v) is 6.70. The number of hydrogen-bond donors (Lipinski definition) is 0. The van der Waals surface area contributed by atoms with Crippen LogP contribution in [0.15, 0.2) is 12.1 Å². The van der Waals surface area contributed by atoms with E-state index in [1.54, 1.807) is 0 Å². The first kappa shape index (κ1) is 20.4. The summed E-state index contributed by atoms with van der Waals surface area (Å²) in [6.07, 6.45) is 18.9. The normalized spacial score (nSPS) is 31.1. The van der Waals surface area contributed by atoms with Crippen LogP contribution in [0.1, 0.15) is 95.1 Å². The van der Waals surface area contributed by atoms with Gasteiger partial charge in [0, 0.05) is 0 Å². The van der Waals surface area contributed by atoms with Crippen molar-refractivity contribution < 1.29 is 8.78 Å². The van der Waals surface area contributed by atoms with E-state index in [1.807, 2.05) is 0 Å². The van der Waals surface area contributed by atoms with Gasteiger partial charge in [-0.2, -0.15) is 0 Å². The molecule has 0 bridgehead atoms. The summed E-state index contributed by atoms with van der Waals surface area (Å²) in [5, 5.41) is 0. The van der Waals surface area contributed by atoms with E-state index >= 15 is 0 Å². The number of unbranched alkanes of at least 4 members (excludes halogenated alkanes) is 2. The van der Waals surface area contributed by atoms with Gasteiger partial charge >= 0.3 is 0 Å². The topological polar surface area (TPSA) is 0 Å². The molecule has 0 radical (unpaired) electrons. The van der Waals surface area contributed by atoms with Gasteiger partial charge in [0.05, 0.1) is 0 Å². The highest BCUT2D eigenvalue weighted by molar-refractivity contribution is 5.33. The summed E-state index contributed by atoms with van der Waals surface area (Å²) in [6, 6.07) is 2.91. The van der Waals surface area contributed by atoms with E-state index in [4.69, 9.17) is 0 Å². The maximum atomic E-state index is 13.5. The van der Waals surface area contributed by atoms with E-state index in [2.05, 4.69) is 6.92 Å². The third-order valence-corrected chi connectivity index (χ3v) is 8.46. The van der Waals surface area contributed by atoms with E-state index in [1.165, 1.54) is 89.2 Å². The van der Waals surface area contributed by atoms with E-state index in [0.29, 0.717) is 5.92 Å². The lowest BCUT2D eigenvalue weighted by Crippen LogP contribution is -2.28. The number of rotatable bonds is 6. The van der Waals surface area contributed by atoms with Crippen molar-refractivity contribution in [3.05, 3.63) is 34.9 Å². The molecule has 4 rings (SSSR count). The van der Waals surface area contributed by atoms with Crippen molar-refractivity contribution in [1.82, 2.24) is 0 Å². The molecule has 3 aliphatic carbocycles. The summed E-state index contributed by atoms with van der Waals surface area (Å²) in [6.45, 7) is 2.30. The molecule has 0 nitrogen and oxygen atoms in total. The first-order valence-electron chi connectivity index (χ1n) is 12.1. The van der Waals surface area contributed by atoms with Crippen LogP contribution in [0.4, 0.5) is 8.78 Å². The van der Waals surface area contributed by atoms with Gasteiger partial charge in [-0.1, -0.05) is 45.4 Å². The van der Waals surface area contributed by atoms with Gasteiger partial charge in [-0.05, 0) is 104 Å². The molecular formula is C26H38F2. The highest BCUT2D eigenvalue weighted by Crippen LogP contribution is 2.46. The van der Waals surface area contributed by atoms with Crippen LogP contribution < -0.4 is 0 Å². The highest BCUT2D eigenvalue weighted by atomic mass is 19.2. The second-order valence-corrected chi connectivity index (χ2v) is 10.2. The van der Waals surface area contributed by atoms with Gasteiger partial charge in [-0.25, -0.2) is 8.78 Å². The van der Waals surface area contributed by atoms with Crippen LogP contribution in [0.3, 0.4) is 0 Å². The largest absolute Gasteiger partial charge is 0.204 e. The number of benzene rings is 1. The molecule has 0 unspecified atom stereocenters. The molecule has 0 spiro atoms. The van der Waals surface area contributed by atoms with Crippen molar-refractivity contribution >= 4 is 0 Å². The zero-order valence-electron chi connectivity index (χ0n) is 17.7. The van der Waals surface area contributed by atoms with Crippen LogP contribution in [0.25, 0.3) is 0 Å². The van der Waals surface area contributed by atoms with E-state index in [-0.39, 0.29) is 0 Å². The average molecular weight is 389 g/mol. The number of hydrogen-bond acceptors (Lipinski definition) is 0. The lowest BCUT2D eigenvalue weighted by molar-refractivity contribution is 0.124. The van der Waals surface area contributed by atoms with Crippen molar-refractivity contribution in [2.75, 3.05) is 0 Å². The van der Waals surface area contributed by atoms with Crippen LogP contribution in [0, 0.1) is 41.2 Å². The molecule has 0 aliphatic heterocycles. The number of fused-ring (bicyclic) bond motifs is 1. The van der Waals surface area contributed by atoms with Gasteiger partial charge in [0.25, 0.3) is 0 Å². The molecule has 1 aromatic carbocycles. The summed E-state index contributed by atoms with van der Waals surface area (Å²) in [5.41, 5.74) is 2.12. The Morgan fingerprint density at radius 3 is 1.64 bits per heavy atom. The van der Waals surface area contributed by atoms with Crippen molar-refractivity contribution in [1.29, 1.82) is 0 Å². The predicted octanol–water partition coefficient (Wildman–Crippen LogP) is 7.87. The fourth-order valence-electron chi connectivity index (χ4n) is 6.70. The van der Waals surface area contributed by atoms with Gasteiger partial charge in [-0.3, -0.25) is 0 Å². The molecule has 0 heterocycles. The summed E-state index contributed by atoms with van der Waals surface area (Å²) >= 11 is 0. The van der Waals surface area contributed by atoms with Crippen LogP contribution in [-0.2, 0) is 12.8 Å². The summed E-state index contributed by atoms with van der Waals surface area (Å²) in [4.78, 5) is 0. The van der Waals surface area contributed by atoms with Gasteiger partial charge in [-0.15, -0.1) is 0 Å². The van der Waals surface area contributed by atoms with E-state index in [0.717, 1.165) is 47.6 Å². The summed E-state index contributed by atoms with van der Waals surface area (Å²) in [5.74, 6) is 2.98. The van der Waals surface area contributed by atoms with Crippen molar-refractivity contribution in [3.63, 3.8) is 0 Å². The Kier molecular flexibility index (Phi) is 6.74. The van der Waals surface area contributed by atoms with Gasteiger partial charge in [0.1, 0.15) is 0 Å². The molecule has 2 saturated carbocycles. The molecule has 2 heteroatoms. The van der Waals surface area contributed by atoms with Crippen molar-refractivity contribution in [3.8, 4) is 0 Å². The maximum Gasteiger partial charge on any atom is 0.159 e. The molecular weight excluding hydrogens is 350 g/mol. The van der Waals surface area contributed by atoms with E-state index < -0.39 is 11.6 Å². The lowest BCUT2D eigenvalue weighted by Gasteiger charge is -2.39. The van der Waals surface area contributed by atoms with Crippen molar-refractivity contribution in [2.45, 2.75) is 96.8 Å². The Bertz CT molecular complexity index is 605. The molecule has 1 aromatic rings. The van der Waals surface area contributed by atoms with Crippen molar-refractivity contribution in [2.24, 2.45) is 29.6 Å². The van der Waals surface area contributed by atoms with Gasteiger partial charge in [0.2, 0.25) is 0 Å². The Balaban J connectivity index is 1.22. The Hall–Kier alpha value is -0.920. The third-order valence-electron chi connectivity index (χ3n) is 8.46. The SMILES string of the molecule is CCCCCC1CCC(C2CCC(C3Cc4cc(F)c(F)cc4C3)CC2)CC1. The molecule has 2 fully saturated rings. The molecule has 3 aliphatic rings. The minimum absolute atomic E-state index is 0.617. The highest BCUT2D eigenvalue weighted by Gasteiger charge is 2.35. The van der Waals surface area contributed by atoms with Gasteiger partial charge in [0.15, 0.2) is 11.6 Å². The zero-order valence-corrected chi connectivity index (χ0v) is 17.7. The molecule has 0 N–H and O–H groups in total.